The maximum absolute atomic E-state index is 11.7. The third-order valence-corrected chi connectivity index (χ3v) is 3.03. The van der Waals surface area contributed by atoms with Gasteiger partial charge in [0, 0.05) is 36.7 Å². The summed E-state index contributed by atoms with van der Waals surface area (Å²) in [5, 5.41) is 9.51. The molecule has 1 aromatic carbocycles. The predicted molar refractivity (Wildman–Crippen MR) is 67.6 cm³/mol. The molecule has 17 heavy (non-hydrogen) atoms. The minimum absolute atomic E-state index is 0.0188. The van der Waals surface area contributed by atoms with Crippen LogP contribution in [0.4, 0.5) is 0 Å². The minimum atomic E-state index is -0.0188. The first-order valence-corrected chi connectivity index (χ1v) is 5.90. The van der Waals surface area contributed by atoms with Crippen LogP contribution in [0.5, 0.6) is 0 Å². The lowest BCUT2D eigenvalue weighted by Crippen LogP contribution is -2.50. The highest BCUT2D eigenvalue weighted by Gasteiger charge is 2.28. The molecule has 0 radical (unpaired) electrons. The molecule has 1 saturated heterocycles. The molecule has 0 unspecified atom stereocenters. The van der Waals surface area contributed by atoms with E-state index in [2.05, 4.69) is 0 Å². The number of carbonyl (C=O) groups excluding carboxylic acids is 1. The van der Waals surface area contributed by atoms with Gasteiger partial charge in [-0.25, -0.2) is 0 Å². The highest BCUT2D eigenvalue weighted by molar-refractivity contribution is 6.30. The molecule has 1 heterocycles. The van der Waals surface area contributed by atoms with Crippen LogP contribution in [0.25, 0.3) is 6.08 Å². The number of hydrogen-bond donors (Lipinski definition) is 1. The SMILES string of the molecule is O=C(C=Cc1cccc(Cl)c1)N1CC(CO)C1. The standard InChI is InChI=1S/C13H14ClNO2/c14-12-3-1-2-10(6-12)4-5-13(17)15-7-11(8-15)9-16/h1-6,11,16H,7-9H2. The molecule has 1 N–H and O–H groups in total. The van der Waals surface area contributed by atoms with E-state index in [1.807, 2.05) is 12.1 Å². The van der Waals surface area contributed by atoms with E-state index in [0.717, 1.165) is 5.56 Å². The van der Waals surface area contributed by atoms with Crippen LogP contribution in [0.15, 0.2) is 30.3 Å². The summed E-state index contributed by atoms with van der Waals surface area (Å²) in [7, 11) is 0. The van der Waals surface area contributed by atoms with Crippen molar-refractivity contribution in [2.75, 3.05) is 19.7 Å². The van der Waals surface area contributed by atoms with Crippen LogP contribution in [-0.2, 0) is 4.79 Å². The lowest BCUT2D eigenvalue weighted by atomic mass is 10.0. The normalized spacial score (nSPS) is 16.2. The monoisotopic (exact) mass is 251 g/mol. The molecule has 4 heteroatoms. The van der Waals surface area contributed by atoms with E-state index < -0.39 is 0 Å². The number of benzene rings is 1. The summed E-state index contributed by atoms with van der Waals surface area (Å²) < 4.78 is 0. The van der Waals surface area contributed by atoms with Crippen LogP contribution < -0.4 is 0 Å². The second-order valence-electron chi connectivity index (χ2n) is 4.18. The van der Waals surface area contributed by atoms with Crippen LogP contribution >= 0.6 is 11.6 Å². The highest BCUT2D eigenvalue weighted by atomic mass is 35.5. The maximum atomic E-state index is 11.7. The number of rotatable bonds is 3. The fraction of sp³-hybridized carbons (Fsp3) is 0.308. The molecular weight excluding hydrogens is 238 g/mol. The Morgan fingerprint density at radius 1 is 1.53 bits per heavy atom. The Labute approximate surface area is 105 Å². The molecular formula is C13H14ClNO2. The summed E-state index contributed by atoms with van der Waals surface area (Å²) in [6.07, 6.45) is 3.29. The minimum Gasteiger partial charge on any atom is -0.396 e. The number of carbonyl (C=O) groups is 1. The van der Waals surface area contributed by atoms with Gasteiger partial charge in [-0.1, -0.05) is 23.7 Å². The van der Waals surface area contributed by atoms with Gasteiger partial charge in [0.1, 0.15) is 0 Å². The van der Waals surface area contributed by atoms with Gasteiger partial charge in [0.05, 0.1) is 0 Å². The number of nitrogens with zero attached hydrogens (tertiary/aromatic N) is 1. The van der Waals surface area contributed by atoms with Crippen LogP contribution in [0.2, 0.25) is 5.02 Å². The quantitative estimate of drug-likeness (QED) is 0.833. The number of likely N-dealkylation sites (tertiary alicyclic amines) is 1. The maximum Gasteiger partial charge on any atom is 0.246 e. The summed E-state index contributed by atoms with van der Waals surface area (Å²) in [4.78, 5) is 13.4. The Balaban J connectivity index is 1.91. The number of aliphatic hydroxyl groups is 1. The summed E-state index contributed by atoms with van der Waals surface area (Å²) in [6, 6.07) is 7.33. The molecule has 0 bridgehead atoms. The van der Waals surface area contributed by atoms with Crippen molar-refractivity contribution in [2.45, 2.75) is 0 Å². The molecule has 0 atom stereocenters. The topological polar surface area (TPSA) is 40.5 Å². The summed E-state index contributed by atoms with van der Waals surface area (Å²) in [5.41, 5.74) is 0.907. The van der Waals surface area contributed by atoms with Crippen molar-refractivity contribution < 1.29 is 9.90 Å². The largest absolute Gasteiger partial charge is 0.396 e. The van der Waals surface area contributed by atoms with E-state index in [9.17, 15) is 4.79 Å². The molecule has 0 spiro atoms. The smallest absolute Gasteiger partial charge is 0.246 e. The molecule has 1 aromatic rings. The zero-order valence-corrected chi connectivity index (χ0v) is 10.1. The molecule has 1 amide bonds. The van der Waals surface area contributed by atoms with Crippen LogP contribution in [0.1, 0.15) is 5.56 Å². The second kappa shape index (κ2) is 5.34. The van der Waals surface area contributed by atoms with E-state index >= 15 is 0 Å². The number of hydrogen-bond acceptors (Lipinski definition) is 2. The zero-order chi connectivity index (χ0) is 12.3. The fourth-order valence-corrected chi connectivity index (χ4v) is 1.95. The van der Waals surface area contributed by atoms with Gasteiger partial charge in [0.2, 0.25) is 5.91 Å². The predicted octanol–water partition coefficient (Wildman–Crippen LogP) is 1.80. The summed E-state index contributed by atoms with van der Waals surface area (Å²) in [5.74, 6) is 0.230. The van der Waals surface area contributed by atoms with Gasteiger partial charge in [-0.05, 0) is 23.8 Å². The Morgan fingerprint density at radius 2 is 2.29 bits per heavy atom. The Kier molecular flexibility index (Phi) is 3.82. The van der Waals surface area contributed by atoms with Gasteiger partial charge >= 0.3 is 0 Å². The van der Waals surface area contributed by atoms with Crippen LogP contribution in [0.3, 0.4) is 0 Å². The van der Waals surface area contributed by atoms with E-state index in [0.29, 0.717) is 18.1 Å². The fourth-order valence-electron chi connectivity index (χ4n) is 1.75. The second-order valence-corrected chi connectivity index (χ2v) is 4.62. The van der Waals surface area contributed by atoms with Crippen molar-refractivity contribution in [1.29, 1.82) is 0 Å². The van der Waals surface area contributed by atoms with Gasteiger partial charge in [-0.3, -0.25) is 4.79 Å². The van der Waals surface area contributed by atoms with E-state index in [1.54, 1.807) is 29.2 Å². The molecule has 0 saturated carbocycles. The van der Waals surface area contributed by atoms with Crippen molar-refractivity contribution in [3.8, 4) is 0 Å². The number of amides is 1. The van der Waals surface area contributed by atoms with E-state index in [-0.39, 0.29) is 18.4 Å². The zero-order valence-electron chi connectivity index (χ0n) is 9.34. The molecule has 0 aliphatic carbocycles. The van der Waals surface area contributed by atoms with E-state index in [4.69, 9.17) is 16.7 Å². The summed E-state index contributed by atoms with van der Waals surface area (Å²) >= 11 is 5.84. The third kappa shape index (κ3) is 3.08. The lowest BCUT2D eigenvalue weighted by molar-refractivity contribution is -0.132. The Hall–Kier alpha value is -1.32. The van der Waals surface area contributed by atoms with Crippen molar-refractivity contribution in [2.24, 2.45) is 5.92 Å². The average molecular weight is 252 g/mol. The van der Waals surface area contributed by atoms with Crippen LogP contribution in [-0.4, -0.2) is 35.6 Å². The van der Waals surface area contributed by atoms with Gasteiger partial charge < -0.3 is 10.0 Å². The van der Waals surface area contributed by atoms with Crippen LogP contribution in [0, 0.1) is 5.92 Å². The lowest BCUT2D eigenvalue weighted by Gasteiger charge is -2.37. The average Bonchev–Trinajstić information content (AvgIpc) is 2.25. The molecule has 90 valence electrons. The Morgan fingerprint density at radius 3 is 2.94 bits per heavy atom. The molecule has 2 rings (SSSR count). The summed E-state index contributed by atoms with van der Waals surface area (Å²) in [6.45, 7) is 1.45. The molecule has 0 aromatic heterocycles. The molecule has 3 nitrogen and oxygen atoms in total. The first-order valence-electron chi connectivity index (χ1n) is 5.52. The number of aliphatic hydroxyl groups excluding tert-OH is 1. The Bertz CT molecular complexity index is 439. The molecule has 1 fully saturated rings. The number of halogens is 1. The first kappa shape index (κ1) is 12.1. The van der Waals surface area contributed by atoms with E-state index in [1.165, 1.54) is 0 Å². The van der Waals surface area contributed by atoms with Crippen molar-refractivity contribution in [3.63, 3.8) is 0 Å². The first-order chi connectivity index (χ1) is 8.19. The van der Waals surface area contributed by atoms with Crippen molar-refractivity contribution >= 4 is 23.6 Å². The highest BCUT2D eigenvalue weighted by Crippen LogP contribution is 2.16. The third-order valence-electron chi connectivity index (χ3n) is 2.79. The molecule has 1 aliphatic heterocycles. The van der Waals surface area contributed by atoms with Crippen molar-refractivity contribution in [3.05, 3.63) is 40.9 Å². The van der Waals surface area contributed by atoms with Gasteiger partial charge in [-0.2, -0.15) is 0 Å². The van der Waals surface area contributed by atoms with Crippen molar-refractivity contribution in [1.82, 2.24) is 4.90 Å². The van der Waals surface area contributed by atoms with Gasteiger partial charge in [0.15, 0.2) is 0 Å². The molecule has 1 aliphatic rings. The van der Waals surface area contributed by atoms with Gasteiger partial charge in [-0.15, -0.1) is 0 Å². The van der Waals surface area contributed by atoms with Gasteiger partial charge in [0.25, 0.3) is 0 Å².